The summed E-state index contributed by atoms with van der Waals surface area (Å²) in [6, 6.07) is 4.37. The number of anilines is 1. The van der Waals surface area contributed by atoms with Gasteiger partial charge in [0.15, 0.2) is 0 Å². The Bertz CT molecular complexity index is 477. The maximum atomic E-state index is 12.9. The molecule has 0 fully saturated rings. The molecule has 1 atom stereocenters. The van der Waals surface area contributed by atoms with Gasteiger partial charge in [0, 0.05) is 5.69 Å². The van der Waals surface area contributed by atoms with Gasteiger partial charge in [0.25, 0.3) is 0 Å². The van der Waals surface area contributed by atoms with Crippen LogP contribution < -0.4 is 15.7 Å². The Morgan fingerprint density at radius 3 is 2.84 bits per heavy atom. The van der Waals surface area contributed by atoms with Crippen molar-refractivity contribution in [1.82, 2.24) is 0 Å². The lowest BCUT2D eigenvalue weighted by Crippen LogP contribution is -2.93. The normalized spacial score (nSPS) is 11.6. The maximum absolute atomic E-state index is 12.9. The summed E-state index contributed by atoms with van der Waals surface area (Å²) in [4.78, 5) is 22.5. The highest BCUT2D eigenvalue weighted by atomic mass is 19.1. The SMILES string of the molecule is C=CC[NH2+][C@H](CC(=O)Nc1cccc(F)c1)C(=O)[O-]. The van der Waals surface area contributed by atoms with Crippen LogP contribution in [0.15, 0.2) is 36.9 Å². The van der Waals surface area contributed by atoms with E-state index < -0.39 is 23.7 Å². The van der Waals surface area contributed by atoms with Crippen molar-refractivity contribution in [3.05, 3.63) is 42.7 Å². The lowest BCUT2D eigenvalue weighted by atomic mass is 10.2. The molecule has 0 aliphatic rings. The van der Waals surface area contributed by atoms with Crippen molar-refractivity contribution in [2.45, 2.75) is 12.5 Å². The Kier molecular flexibility index (Phi) is 5.69. The van der Waals surface area contributed by atoms with E-state index in [4.69, 9.17) is 0 Å². The van der Waals surface area contributed by atoms with Gasteiger partial charge in [-0.25, -0.2) is 4.39 Å². The number of carboxylic acid groups (broad SMARTS) is 1. The standard InChI is InChI=1S/C13H15FN2O3/c1-2-6-15-11(13(18)19)8-12(17)16-10-5-3-4-9(14)7-10/h2-5,7,11,15H,1,6,8H2,(H,16,17)(H,18,19)/t11-/m1/s1. The number of quaternary nitrogens is 1. The number of aliphatic carboxylic acids is 1. The summed E-state index contributed by atoms with van der Waals surface area (Å²) < 4.78 is 12.9. The van der Waals surface area contributed by atoms with Crippen molar-refractivity contribution in [2.75, 3.05) is 11.9 Å². The van der Waals surface area contributed by atoms with Crippen molar-refractivity contribution in [1.29, 1.82) is 0 Å². The minimum atomic E-state index is -1.32. The second kappa shape index (κ2) is 7.27. The van der Waals surface area contributed by atoms with E-state index >= 15 is 0 Å². The Morgan fingerprint density at radius 2 is 2.26 bits per heavy atom. The van der Waals surface area contributed by atoms with Gasteiger partial charge in [0.1, 0.15) is 11.9 Å². The molecule has 0 spiro atoms. The number of carbonyl (C=O) groups excluding carboxylic acids is 2. The second-order valence-corrected chi connectivity index (χ2v) is 3.95. The summed E-state index contributed by atoms with van der Waals surface area (Å²) >= 11 is 0. The predicted octanol–water partition coefficient (Wildman–Crippen LogP) is -0.978. The molecule has 0 saturated carbocycles. The smallest absolute Gasteiger partial charge is 0.230 e. The van der Waals surface area contributed by atoms with Gasteiger partial charge in [-0.15, -0.1) is 0 Å². The summed E-state index contributed by atoms with van der Waals surface area (Å²) in [5.41, 5.74) is 0.283. The number of hydrogen-bond acceptors (Lipinski definition) is 3. The largest absolute Gasteiger partial charge is 0.544 e. The molecule has 1 amide bonds. The zero-order valence-electron chi connectivity index (χ0n) is 10.3. The average Bonchev–Trinajstić information content (AvgIpc) is 2.34. The number of rotatable bonds is 7. The number of benzene rings is 1. The lowest BCUT2D eigenvalue weighted by molar-refractivity contribution is -0.674. The molecule has 0 aliphatic heterocycles. The van der Waals surface area contributed by atoms with Gasteiger partial charge >= 0.3 is 0 Å². The van der Waals surface area contributed by atoms with Gasteiger partial charge in [-0.2, -0.15) is 0 Å². The number of carboxylic acids is 1. The second-order valence-electron chi connectivity index (χ2n) is 3.95. The Hall–Kier alpha value is -2.21. The number of hydrogen-bond donors (Lipinski definition) is 2. The average molecular weight is 266 g/mol. The lowest BCUT2D eigenvalue weighted by Gasteiger charge is -2.15. The third kappa shape index (κ3) is 5.31. The predicted molar refractivity (Wildman–Crippen MR) is 65.4 cm³/mol. The molecule has 0 bridgehead atoms. The molecule has 0 saturated heterocycles. The molecule has 102 valence electrons. The first-order valence-electron chi connectivity index (χ1n) is 5.73. The van der Waals surface area contributed by atoms with Crippen molar-refractivity contribution in [3.8, 4) is 0 Å². The first-order chi connectivity index (χ1) is 9.02. The maximum Gasteiger partial charge on any atom is 0.230 e. The molecule has 1 aromatic carbocycles. The van der Waals surface area contributed by atoms with E-state index in [-0.39, 0.29) is 12.1 Å². The van der Waals surface area contributed by atoms with Crippen LogP contribution in [0.5, 0.6) is 0 Å². The fourth-order valence-electron chi connectivity index (χ4n) is 1.50. The summed E-state index contributed by atoms with van der Waals surface area (Å²) in [6.07, 6.45) is 1.27. The van der Waals surface area contributed by atoms with Crippen molar-refractivity contribution in [2.24, 2.45) is 0 Å². The Labute approximate surface area is 110 Å². The van der Waals surface area contributed by atoms with Crippen molar-refractivity contribution in [3.63, 3.8) is 0 Å². The van der Waals surface area contributed by atoms with Crippen LogP contribution in [0, 0.1) is 5.82 Å². The molecule has 3 N–H and O–H groups in total. The van der Waals surface area contributed by atoms with Crippen LogP contribution in [-0.4, -0.2) is 24.5 Å². The van der Waals surface area contributed by atoms with Gasteiger partial charge in [-0.3, -0.25) is 4.79 Å². The fourth-order valence-corrected chi connectivity index (χ4v) is 1.50. The molecule has 0 unspecified atom stereocenters. The molecule has 6 heteroatoms. The van der Waals surface area contributed by atoms with E-state index in [2.05, 4.69) is 11.9 Å². The number of carbonyl (C=O) groups is 2. The van der Waals surface area contributed by atoms with Crippen LogP contribution in [0.4, 0.5) is 10.1 Å². The highest BCUT2D eigenvalue weighted by Crippen LogP contribution is 2.09. The van der Waals surface area contributed by atoms with Crippen LogP contribution >= 0.6 is 0 Å². The molecule has 19 heavy (non-hydrogen) atoms. The van der Waals surface area contributed by atoms with Gasteiger partial charge in [-0.1, -0.05) is 12.6 Å². The zero-order chi connectivity index (χ0) is 14.3. The molecule has 0 heterocycles. The fraction of sp³-hybridized carbons (Fsp3) is 0.231. The van der Waals surface area contributed by atoms with Crippen molar-refractivity contribution >= 4 is 17.6 Å². The quantitative estimate of drug-likeness (QED) is 0.622. The van der Waals surface area contributed by atoms with Crippen LogP contribution in [0.1, 0.15) is 6.42 Å². The molecule has 0 radical (unpaired) electrons. The van der Waals surface area contributed by atoms with E-state index in [0.717, 1.165) is 6.07 Å². The molecule has 1 aromatic rings. The Morgan fingerprint density at radius 1 is 1.53 bits per heavy atom. The van der Waals surface area contributed by atoms with Crippen LogP contribution in [0.3, 0.4) is 0 Å². The molecular weight excluding hydrogens is 251 g/mol. The van der Waals surface area contributed by atoms with E-state index in [1.54, 1.807) is 0 Å². The third-order valence-electron chi connectivity index (χ3n) is 2.40. The highest BCUT2D eigenvalue weighted by Gasteiger charge is 2.17. The van der Waals surface area contributed by atoms with Gasteiger partial charge in [-0.05, 0) is 24.3 Å². The van der Waals surface area contributed by atoms with E-state index in [9.17, 15) is 19.1 Å². The topological polar surface area (TPSA) is 85.8 Å². The van der Waals surface area contributed by atoms with E-state index in [1.165, 1.54) is 29.6 Å². The molecule has 0 aliphatic carbocycles. The summed E-state index contributed by atoms with van der Waals surface area (Å²) in [5.74, 6) is -2.32. The Balaban J connectivity index is 2.57. The third-order valence-corrected chi connectivity index (χ3v) is 2.40. The molecule has 5 nitrogen and oxygen atoms in total. The van der Waals surface area contributed by atoms with Gasteiger partial charge < -0.3 is 20.5 Å². The highest BCUT2D eigenvalue weighted by molar-refractivity contribution is 5.93. The number of halogens is 1. The van der Waals surface area contributed by atoms with E-state index in [1.807, 2.05) is 0 Å². The summed E-state index contributed by atoms with van der Waals surface area (Å²) in [5, 5.41) is 14.7. The number of amides is 1. The summed E-state index contributed by atoms with van der Waals surface area (Å²) in [6.45, 7) is 3.83. The monoisotopic (exact) mass is 266 g/mol. The molecule has 1 rings (SSSR count). The summed E-state index contributed by atoms with van der Waals surface area (Å²) in [7, 11) is 0. The van der Waals surface area contributed by atoms with Crippen LogP contribution in [0.2, 0.25) is 0 Å². The van der Waals surface area contributed by atoms with Crippen LogP contribution in [-0.2, 0) is 9.59 Å². The van der Waals surface area contributed by atoms with Crippen LogP contribution in [0.25, 0.3) is 0 Å². The van der Waals surface area contributed by atoms with Crippen molar-refractivity contribution < 1.29 is 24.4 Å². The first-order valence-corrected chi connectivity index (χ1v) is 5.73. The first kappa shape index (κ1) is 14.8. The molecular formula is C13H15FN2O3. The minimum absolute atomic E-state index is 0.257. The van der Waals surface area contributed by atoms with Gasteiger partial charge in [0.2, 0.25) is 5.91 Å². The zero-order valence-corrected chi connectivity index (χ0v) is 10.3. The van der Waals surface area contributed by atoms with E-state index in [0.29, 0.717) is 6.54 Å². The molecule has 0 aromatic heterocycles. The number of nitrogens with one attached hydrogen (secondary N) is 1. The minimum Gasteiger partial charge on any atom is -0.544 e. The van der Waals surface area contributed by atoms with Gasteiger partial charge in [0.05, 0.1) is 18.9 Å². The number of nitrogens with two attached hydrogens (primary N) is 1.